The van der Waals surface area contributed by atoms with Gasteiger partial charge in [0.05, 0.1) is 5.02 Å². The van der Waals surface area contributed by atoms with Gasteiger partial charge >= 0.3 is 0 Å². The van der Waals surface area contributed by atoms with E-state index in [9.17, 15) is 4.79 Å². The fraction of sp³-hybridized carbons (Fsp3) is 0.500. The van der Waals surface area contributed by atoms with Gasteiger partial charge in [0.25, 0.3) is 5.91 Å². The molecule has 0 N–H and O–H groups in total. The summed E-state index contributed by atoms with van der Waals surface area (Å²) >= 11 is 13.8. The van der Waals surface area contributed by atoms with Crippen LogP contribution in [-0.2, 0) is 4.79 Å². The van der Waals surface area contributed by atoms with Crippen LogP contribution in [0.5, 0.6) is 5.75 Å². The molecule has 0 aliphatic carbocycles. The average Bonchev–Trinajstić information content (AvgIpc) is 2.46. The van der Waals surface area contributed by atoms with E-state index in [-0.39, 0.29) is 12.5 Å². The Labute approximate surface area is 133 Å². The maximum atomic E-state index is 12.1. The molecule has 0 bridgehead atoms. The quantitative estimate of drug-likeness (QED) is 0.840. The lowest BCUT2D eigenvalue weighted by atomic mass is 10.1. The molecule has 6 heteroatoms. The lowest BCUT2D eigenvalue weighted by molar-refractivity contribution is -0.134. The van der Waals surface area contributed by atoms with Crippen LogP contribution in [0.2, 0.25) is 10.0 Å². The highest BCUT2D eigenvalue weighted by Gasteiger charge is 2.22. The molecule has 1 aliphatic rings. The van der Waals surface area contributed by atoms with E-state index in [0.717, 1.165) is 24.3 Å². The smallest absolute Gasteiger partial charge is 0.260 e. The number of thioether (sulfide) groups is 1. The van der Waals surface area contributed by atoms with Crippen LogP contribution in [0.1, 0.15) is 12.8 Å². The van der Waals surface area contributed by atoms with Gasteiger partial charge in [-0.25, -0.2) is 0 Å². The van der Waals surface area contributed by atoms with Crippen LogP contribution in [0.25, 0.3) is 0 Å². The third kappa shape index (κ3) is 4.21. The monoisotopic (exact) mass is 333 g/mol. The zero-order valence-electron chi connectivity index (χ0n) is 11.3. The highest BCUT2D eigenvalue weighted by atomic mass is 35.5. The van der Waals surface area contributed by atoms with Crippen LogP contribution in [-0.4, -0.2) is 42.0 Å². The van der Waals surface area contributed by atoms with Crippen LogP contribution in [0.15, 0.2) is 18.2 Å². The molecule has 0 unspecified atom stereocenters. The van der Waals surface area contributed by atoms with Crippen molar-refractivity contribution in [2.24, 2.45) is 0 Å². The van der Waals surface area contributed by atoms with E-state index >= 15 is 0 Å². The third-order valence-corrected chi connectivity index (χ3v) is 4.96. The molecule has 110 valence electrons. The van der Waals surface area contributed by atoms with E-state index in [1.165, 1.54) is 0 Å². The summed E-state index contributed by atoms with van der Waals surface area (Å²) in [6.07, 6.45) is 2.10. The fourth-order valence-corrected chi connectivity index (χ4v) is 3.65. The van der Waals surface area contributed by atoms with Crippen LogP contribution >= 0.6 is 35.0 Å². The molecule has 1 aromatic carbocycles. The number of hydrogen-bond donors (Lipinski definition) is 0. The van der Waals surface area contributed by atoms with Gasteiger partial charge in [0, 0.05) is 18.1 Å². The Hall–Kier alpha value is -0.580. The van der Waals surface area contributed by atoms with Crippen LogP contribution in [0, 0.1) is 0 Å². The fourth-order valence-electron chi connectivity index (χ4n) is 2.11. The van der Waals surface area contributed by atoms with Crippen LogP contribution in [0.4, 0.5) is 0 Å². The number of nitrogens with zero attached hydrogens (tertiary/aromatic N) is 1. The summed E-state index contributed by atoms with van der Waals surface area (Å²) in [5.74, 6) is 2.70. The minimum atomic E-state index is -0.0204. The number of carbonyl (C=O) groups excluding carboxylic acids is 1. The van der Waals surface area contributed by atoms with Gasteiger partial charge in [-0.2, -0.15) is 11.8 Å². The van der Waals surface area contributed by atoms with Crippen molar-refractivity contribution in [3.05, 3.63) is 28.2 Å². The lowest BCUT2D eigenvalue weighted by Gasteiger charge is -2.30. The first-order chi connectivity index (χ1) is 9.58. The molecule has 0 saturated carbocycles. The van der Waals surface area contributed by atoms with Gasteiger partial charge in [0.2, 0.25) is 0 Å². The van der Waals surface area contributed by atoms with Crippen molar-refractivity contribution in [3.63, 3.8) is 0 Å². The van der Waals surface area contributed by atoms with Crippen molar-refractivity contribution in [2.75, 3.05) is 25.2 Å². The molecular weight excluding hydrogens is 317 g/mol. The molecular formula is C14H17Cl2NO2S. The first-order valence-electron chi connectivity index (χ1n) is 6.49. The second-order valence-electron chi connectivity index (χ2n) is 4.71. The molecule has 3 nitrogen and oxygen atoms in total. The molecule has 1 saturated heterocycles. The molecule has 20 heavy (non-hydrogen) atoms. The molecule has 0 spiro atoms. The summed E-state index contributed by atoms with van der Waals surface area (Å²) in [6, 6.07) is 5.29. The second kappa shape index (κ2) is 7.43. The average molecular weight is 334 g/mol. The number of likely N-dealkylation sites (N-methyl/N-ethyl adjacent to an activating group) is 1. The summed E-state index contributed by atoms with van der Waals surface area (Å²) < 4.78 is 5.48. The van der Waals surface area contributed by atoms with E-state index < -0.39 is 0 Å². The summed E-state index contributed by atoms with van der Waals surface area (Å²) in [5.41, 5.74) is 0. The Balaban J connectivity index is 1.87. The number of carbonyl (C=O) groups is 1. The highest BCUT2D eigenvalue weighted by molar-refractivity contribution is 7.99. The molecule has 0 atom stereocenters. The predicted octanol–water partition coefficient (Wildman–Crippen LogP) is 3.73. The van der Waals surface area contributed by atoms with Gasteiger partial charge in [-0.3, -0.25) is 4.79 Å². The Morgan fingerprint density at radius 2 is 2.10 bits per heavy atom. The lowest BCUT2D eigenvalue weighted by Crippen LogP contribution is -2.41. The maximum absolute atomic E-state index is 12.1. The number of rotatable bonds is 4. The topological polar surface area (TPSA) is 29.5 Å². The number of benzene rings is 1. The Morgan fingerprint density at radius 3 is 2.75 bits per heavy atom. The van der Waals surface area contributed by atoms with Gasteiger partial charge < -0.3 is 9.64 Å². The largest absolute Gasteiger partial charge is 0.482 e. The number of hydrogen-bond acceptors (Lipinski definition) is 3. The van der Waals surface area contributed by atoms with E-state index in [2.05, 4.69) is 0 Å². The molecule has 2 rings (SSSR count). The Bertz CT molecular complexity index is 478. The second-order valence-corrected chi connectivity index (χ2v) is 6.78. The molecule has 1 amide bonds. The highest BCUT2D eigenvalue weighted by Crippen LogP contribution is 2.27. The van der Waals surface area contributed by atoms with Crippen molar-refractivity contribution < 1.29 is 9.53 Å². The van der Waals surface area contributed by atoms with E-state index in [1.807, 2.05) is 18.8 Å². The molecule has 1 fully saturated rings. The molecule has 1 heterocycles. The minimum absolute atomic E-state index is 0.00148. The summed E-state index contributed by atoms with van der Waals surface area (Å²) in [6.45, 7) is 0.00148. The van der Waals surface area contributed by atoms with Crippen LogP contribution < -0.4 is 4.74 Å². The van der Waals surface area contributed by atoms with Gasteiger partial charge in [-0.05, 0) is 42.5 Å². The number of amides is 1. The molecule has 0 aromatic heterocycles. The van der Waals surface area contributed by atoms with E-state index in [4.69, 9.17) is 27.9 Å². The Kier molecular flexibility index (Phi) is 5.87. The van der Waals surface area contributed by atoms with Crippen molar-refractivity contribution in [3.8, 4) is 5.75 Å². The SMILES string of the molecule is CN(C(=O)COc1ccc(Cl)cc1Cl)C1CCSCC1. The minimum Gasteiger partial charge on any atom is -0.482 e. The van der Waals surface area contributed by atoms with Crippen molar-refractivity contribution in [2.45, 2.75) is 18.9 Å². The summed E-state index contributed by atoms with van der Waals surface area (Å²) in [4.78, 5) is 13.9. The molecule has 1 aromatic rings. The maximum Gasteiger partial charge on any atom is 0.260 e. The first-order valence-corrected chi connectivity index (χ1v) is 8.40. The van der Waals surface area contributed by atoms with E-state index in [0.29, 0.717) is 21.8 Å². The first kappa shape index (κ1) is 15.8. The summed E-state index contributed by atoms with van der Waals surface area (Å²) in [7, 11) is 1.84. The summed E-state index contributed by atoms with van der Waals surface area (Å²) in [5, 5.41) is 0.965. The van der Waals surface area contributed by atoms with Crippen molar-refractivity contribution >= 4 is 40.9 Å². The normalized spacial score (nSPS) is 15.9. The molecule has 0 radical (unpaired) electrons. The van der Waals surface area contributed by atoms with Crippen LogP contribution in [0.3, 0.4) is 0 Å². The predicted molar refractivity (Wildman–Crippen MR) is 85.1 cm³/mol. The third-order valence-electron chi connectivity index (χ3n) is 3.38. The van der Waals surface area contributed by atoms with Crippen molar-refractivity contribution in [1.82, 2.24) is 4.90 Å². The van der Waals surface area contributed by atoms with Gasteiger partial charge in [-0.1, -0.05) is 23.2 Å². The Morgan fingerprint density at radius 1 is 1.40 bits per heavy atom. The number of halogens is 2. The van der Waals surface area contributed by atoms with Gasteiger partial charge in [-0.15, -0.1) is 0 Å². The standard InChI is InChI=1S/C14H17Cl2NO2S/c1-17(11-4-6-20-7-5-11)14(18)9-19-13-3-2-10(15)8-12(13)16/h2-3,8,11H,4-7,9H2,1H3. The number of ether oxygens (including phenoxy) is 1. The van der Waals surface area contributed by atoms with Gasteiger partial charge in [0.15, 0.2) is 6.61 Å². The zero-order chi connectivity index (χ0) is 14.5. The van der Waals surface area contributed by atoms with Gasteiger partial charge in [0.1, 0.15) is 5.75 Å². The molecule has 1 aliphatic heterocycles. The van der Waals surface area contributed by atoms with E-state index in [1.54, 1.807) is 23.1 Å². The van der Waals surface area contributed by atoms with Crippen molar-refractivity contribution in [1.29, 1.82) is 0 Å². The zero-order valence-corrected chi connectivity index (χ0v) is 13.6.